The summed E-state index contributed by atoms with van der Waals surface area (Å²) in [5, 5.41) is 2.85. The average Bonchev–Trinajstić information content (AvgIpc) is 2.36. The van der Waals surface area contributed by atoms with Gasteiger partial charge in [-0.15, -0.1) is 0 Å². The Morgan fingerprint density at radius 2 is 2.11 bits per heavy atom. The van der Waals surface area contributed by atoms with Crippen LogP contribution in [-0.4, -0.2) is 24.0 Å². The van der Waals surface area contributed by atoms with Crippen LogP contribution in [0.4, 0.5) is 10.1 Å². The van der Waals surface area contributed by atoms with E-state index in [9.17, 15) is 9.18 Å². The number of carbonyl (C=O) groups excluding carboxylic acids is 1. The highest BCUT2D eigenvalue weighted by Crippen LogP contribution is 2.22. The minimum Gasteiger partial charge on any atom is -0.399 e. The van der Waals surface area contributed by atoms with Crippen LogP contribution in [0.2, 0.25) is 0 Å². The molecule has 1 aliphatic heterocycles. The van der Waals surface area contributed by atoms with E-state index in [0.29, 0.717) is 12.5 Å². The highest BCUT2D eigenvalue weighted by atomic mass is 32.2. The summed E-state index contributed by atoms with van der Waals surface area (Å²) < 4.78 is 13.1. The van der Waals surface area contributed by atoms with Crippen molar-refractivity contribution in [2.75, 3.05) is 23.8 Å². The maximum Gasteiger partial charge on any atom is 0.251 e. The van der Waals surface area contributed by atoms with E-state index in [1.807, 2.05) is 11.8 Å². The largest absolute Gasteiger partial charge is 0.399 e. The van der Waals surface area contributed by atoms with E-state index in [1.54, 1.807) is 0 Å². The van der Waals surface area contributed by atoms with Crippen LogP contribution >= 0.6 is 11.8 Å². The molecule has 1 aliphatic rings. The fourth-order valence-corrected chi connectivity index (χ4v) is 3.24. The van der Waals surface area contributed by atoms with E-state index in [2.05, 4.69) is 5.32 Å². The molecule has 1 aromatic rings. The number of rotatable bonds is 3. The molecule has 0 aliphatic carbocycles. The molecule has 2 rings (SSSR count). The van der Waals surface area contributed by atoms with Gasteiger partial charge in [-0.1, -0.05) is 0 Å². The monoisotopic (exact) mass is 268 g/mol. The summed E-state index contributed by atoms with van der Waals surface area (Å²) in [4.78, 5) is 11.9. The third-order valence-corrected chi connectivity index (χ3v) is 4.12. The number of amides is 1. The highest BCUT2D eigenvalue weighted by molar-refractivity contribution is 7.99. The molecule has 1 aromatic carbocycles. The Morgan fingerprint density at radius 1 is 1.39 bits per heavy atom. The van der Waals surface area contributed by atoms with Crippen molar-refractivity contribution in [2.45, 2.75) is 12.8 Å². The van der Waals surface area contributed by atoms with E-state index in [1.165, 1.54) is 18.2 Å². The first kappa shape index (κ1) is 13.2. The predicted octanol–water partition coefficient (Wildman–Crippen LogP) is 2.28. The zero-order valence-electron chi connectivity index (χ0n) is 10.1. The minimum atomic E-state index is -0.478. The second-order valence-corrected chi connectivity index (χ2v) is 5.76. The number of anilines is 1. The molecule has 1 amide bonds. The zero-order chi connectivity index (χ0) is 13.0. The van der Waals surface area contributed by atoms with Gasteiger partial charge in [-0.25, -0.2) is 4.39 Å². The normalized spacial score (nSPS) is 16.5. The molecule has 1 heterocycles. The Labute approximate surface area is 110 Å². The van der Waals surface area contributed by atoms with E-state index in [4.69, 9.17) is 5.73 Å². The van der Waals surface area contributed by atoms with Gasteiger partial charge in [0.25, 0.3) is 5.91 Å². The van der Waals surface area contributed by atoms with Crippen molar-refractivity contribution >= 4 is 23.4 Å². The molecule has 0 aromatic heterocycles. The van der Waals surface area contributed by atoms with Crippen LogP contribution in [0.25, 0.3) is 0 Å². The molecule has 1 fully saturated rings. The van der Waals surface area contributed by atoms with Crippen molar-refractivity contribution in [2.24, 2.45) is 5.92 Å². The maximum atomic E-state index is 13.1. The third-order valence-electron chi connectivity index (χ3n) is 3.07. The van der Waals surface area contributed by atoms with Gasteiger partial charge < -0.3 is 11.1 Å². The molecule has 3 N–H and O–H groups in total. The molecule has 1 saturated heterocycles. The Morgan fingerprint density at radius 3 is 2.78 bits per heavy atom. The molecular formula is C13H17FN2OS. The van der Waals surface area contributed by atoms with E-state index >= 15 is 0 Å². The number of nitrogen functional groups attached to an aromatic ring is 1. The van der Waals surface area contributed by atoms with Gasteiger partial charge >= 0.3 is 0 Å². The quantitative estimate of drug-likeness (QED) is 0.827. The van der Waals surface area contributed by atoms with Crippen molar-refractivity contribution in [1.82, 2.24) is 5.32 Å². The van der Waals surface area contributed by atoms with Crippen molar-refractivity contribution < 1.29 is 9.18 Å². The van der Waals surface area contributed by atoms with Gasteiger partial charge in [0, 0.05) is 17.8 Å². The van der Waals surface area contributed by atoms with Gasteiger partial charge in [0.15, 0.2) is 0 Å². The van der Waals surface area contributed by atoms with Crippen molar-refractivity contribution in [3.05, 3.63) is 29.6 Å². The smallest absolute Gasteiger partial charge is 0.251 e. The molecule has 0 unspecified atom stereocenters. The summed E-state index contributed by atoms with van der Waals surface area (Å²) in [5.41, 5.74) is 6.08. The van der Waals surface area contributed by atoms with Crippen molar-refractivity contribution in [1.29, 1.82) is 0 Å². The van der Waals surface area contributed by atoms with Gasteiger partial charge in [0.2, 0.25) is 0 Å². The molecule has 0 spiro atoms. The predicted molar refractivity (Wildman–Crippen MR) is 73.2 cm³/mol. The average molecular weight is 268 g/mol. The van der Waals surface area contributed by atoms with Crippen LogP contribution in [0.3, 0.4) is 0 Å². The number of hydrogen-bond acceptors (Lipinski definition) is 3. The standard InChI is InChI=1S/C13H17FN2OS/c14-11-5-10(6-12(15)7-11)13(17)16-8-9-1-3-18-4-2-9/h5-7,9H,1-4,8,15H2,(H,16,17). The fourth-order valence-electron chi connectivity index (χ4n) is 2.03. The van der Waals surface area contributed by atoms with E-state index in [-0.39, 0.29) is 17.2 Å². The minimum absolute atomic E-state index is 0.251. The van der Waals surface area contributed by atoms with Crippen LogP contribution < -0.4 is 11.1 Å². The van der Waals surface area contributed by atoms with Gasteiger partial charge in [0.1, 0.15) is 5.82 Å². The highest BCUT2D eigenvalue weighted by Gasteiger charge is 2.15. The second kappa shape index (κ2) is 6.09. The molecule has 0 radical (unpaired) electrons. The topological polar surface area (TPSA) is 55.1 Å². The summed E-state index contributed by atoms with van der Waals surface area (Å²) in [7, 11) is 0. The number of nitrogens with one attached hydrogen (secondary N) is 1. The number of carbonyl (C=O) groups is 1. The Balaban J connectivity index is 1.90. The SMILES string of the molecule is Nc1cc(F)cc(C(=O)NCC2CCSCC2)c1. The van der Waals surface area contributed by atoms with Crippen LogP contribution in [0.5, 0.6) is 0 Å². The number of thioether (sulfide) groups is 1. The lowest BCUT2D eigenvalue weighted by atomic mass is 10.0. The van der Waals surface area contributed by atoms with Gasteiger partial charge in [0.05, 0.1) is 0 Å². The summed E-state index contributed by atoms with van der Waals surface area (Å²) in [6.45, 7) is 0.663. The van der Waals surface area contributed by atoms with Gasteiger partial charge in [-0.3, -0.25) is 4.79 Å². The third kappa shape index (κ3) is 3.63. The first-order valence-electron chi connectivity index (χ1n) is 6.07. The lowest BCUT2D eigenvalue weighted by molar-refractivity contribution is 0.0946. The first-order chi connectivity index (χ1) is 8.65. The molecular weight excluding hydrogens is 251 g/mol. The summed E-state index contributed by atoms with van der Waals surface area (Å²) in [6, 6.07) is 3.91. The summed E-state index contributed by atoms with van der Waals surface area (Å²) >= 11 is 1.95. The molecule has 0 atom stereocenters. The molecule has 0 bridgehead atoms. The van der Waals surface area contributed by atoms with Crippen LogP contribution in [-0.2, 0) is 0 Å². The Kier molecular flexibility index (Phi) is 4.47. The first-order valence-corrected chi connectivity index (χ1v) is 7.22. The number of nitrogens with two attached hydrogens (primary N) is 1. The van der Waals surface area contributed by atoms with Crippen LogP contribution in [0, 0.1) is 11.7 Å². The molecule has 5 heteroatoms. The second-order valence-electron chi connectivity index (χ2n) is 4.54. The van der Waals surface area contributed by atoms with Crippen LogP contribution in [0.15, 0.2) is 18.2 Å². The van der Waals surface area contributed by atoms with Crippen LogP contribution in [0.1, 0.15) is 23.2 Å². The summed E-state index contributed by atoms with van der Waals surface area (Å²) in [5.74, 6) is 2.13. The number of hydrogen-bond donors (Lipinski definition) is 2. The molecule has 18 heavy (non-hydrogen) atoms. The maximum absolute atomic E-state index is 13.1. The Hall–Kier alpha value is -1.23. The van der Waals surface area contributed by atoms with E-state index < -0.39 is 5.82 Å². The van der Waals surface area contributed by atoms with E-state index in [0.717, 1.165) is 24.3 Å². The molecule has 3 nitrogen and oxygen atoms in total. The molecule has 0 saturated carbocycles. The summed E-state index contributed by atoms with van der Waals surface area (Å²) in [6.07, 6.45) is 2.27. The Bertz CT molecular complexity index is 413. The lowest BCUT2D eigenvalue weighted by Gasteiger charge is -2.21. The van der Waals surface area contributed by atoms with Crippen molar-refractivity contribution in [3.8, 4) is 0 Å². The van der Waals surface area contributed by atoms with Crippen molar-refractivity contribution in [3.63, 3.8) is 0 Å². The zero-order valence-corrected chi connectivity index (χ0v) is 10.9. The van der Waals surface area contributed by atoms with Gasteiger partial charge in [-0.05, 0) is 48.5 Å². The fraction of sp³-hybridized carbons (Fsp3) is 0.462. The lowest BCUT2D eigenvalue weighted by Crippen LogP contribution is -2.31. The molecule has 98 valence electrons. The number of halogens is 1. The number of benzene rings is 1. The van der Waals surface area contributed by atoms with Gasteiger partial charge in [-0.2, -0.15) is 11.8 Å².